The Morgan fingerprint density at radius 3 is 1.12 bits per heavy atom. The summed E-state index contributed by atoms with van der Waals surface area (Å²) in [7, 11) is -4.62. The van der Waals surface area contributed by atoms with E-state index in [1.165, 1.54) is 141 Å². The predicted molar refractivity (Wildman–Crippen MR) is 320 cm³/mol. The molecule has 0 heterocycles. The third-order valence-corrected chi connectivity index (χ3v) is 14.3. The smallest absolute Gasteiger partial charge is 0.462 e. The van der Waals surface area contributed by atoms with Crippen LogP contribution in [-0.4, -0.2) is 167 Å². The third kappa shape index (κ3) is 65.1. The Labute approximate surface area is 495 Å². The fourth-order valence-corrected chi connectivity index (χ4v) is 9.26. The molecule has 82 heavy (non-hydrogen) atoms. The van der Waals surface area contributed by atoms with E-state index in [0.29, 0.717) is 112 Å². The van der Waals surface area contributed by atoms with Gasteiger partial charge in [-0.1, -0.05) is 199 Å². The Balaban J connectivity index is 4.25. The molecule has 21 nitrogen and oxygen atoms in total. The summed E-state index contributed by atoms with van der Waals surface area (Å²) in [5.74, 6) is -1.24. The number of carbonyl (C=O) groups is 3. The molecule has 0 aliphatic heterocycles. The number of phosphoric ester groups is 1. The second kappa shape index (κ2) is 66.0. The van der Waals surface area contributed by atoms with Crippen LogP contribution in [0.2, 0.25) is 0 Å². The molecule has 1 unspecified atom stereocenters. The van der Waals surface area contributed by atoms with Crippen molar-refractivity contribution in [3.05, 3.63) is 10.4 Å². The lowest BCUT2D eigenvalue weighted by atomic mass is 10.0. The van der Waals surface area contributed by atoms with Gasteiger partial charge in [-0.2, -0.15) is 0 Å². The summed E-state index contributed by atoms with van der Waals surface area (Å²) in [5, 5.41) is 5.99. The summed E-state index contributed by atoms with van der Waals surface area (Å²) in [5.41, 5.74) is 8.19. The van der Waals surface area contributed by atoms with Gasteiger partial charge in [0.25, 0.3) is 0 Å². The molecule has 0 aromatic carbocycles. The first kappa shape index (κ1) is 79.5. The second-order valence-electron chi connectivity index (χ2n) is 20.7. The average molecular weight is 1200 g/mol. The maximum absolute atomic E-state index is 12.9. The first-order valence-electron chi connectivity index (χ1n) is 32.1. The molecule has 0 rings (SSSR count). The molecule has 0 aromatic rings. The molecule has 0 aliphatic rings. The highest BCUT2D eigenvalue weighted by Crippen LogP contribution is 2.43. The van der Waals surface area contributed by atoms with E-state index in [0.717, 1.165) is 38.5 Å². The van der Waals surface area contributed by atoms with E-state index in [4.69, 9.17) is 61.9 Å². The molecule has 0 bridgehead atoms. The number of ether oxygens (including phenoxy) is 10. The van der Waals surface area contributed by atoms with Gasteiger partial charge in [0.1, 0.15) is 6.61 Å². The molecule has 0 aliphatic carbocycles. The number of hydrogen-bond acceptors (Lipinski definition) is 17. The number of phosphoric acid groups is 1. The molecule has 0 radical (unpaired) electrons. The van der Waals surface area contributed by atoms with Crippen molar-refractivity contribution in [1.29, 1.82) is 0 Å². The van der Waals surface area contributed by atoms with Crippen LogP contribution < -0.4 is 5.32 Å². The highest BCUT2D eigenvalue weighted by molar-refractivity contribution is 7.47. The van der Waals surface area contributed by atoms with Crippen LogP contribution in [0.3, 0.4) is 0 Å². The zero-order chi connectivity index (χ0) is 59.6. The van der Waals surface area contributed by atoms with Crippen molar-refractivity contribution in [3.63, 3.8) is 0 Å². The van der Waals surface area contributed by atoms with Gasteiger partial charge in [0.05, 0.1) is 119 Å². The van der Waals surface area contributed by atoms with Crippen LogP contribution in [0.5, 0.6) is 0 Å². The zero-order valence-electron chi connectivity index (χ0n) is 51.5. The average Bonchev–Trinajstić information content (AvgIpc) is 3.46. The van der Waals surface area contributed by atoms with Gasteiger partial charge >= 0.3 is 19.8 Å². The number of esters is 2. The summed E-state index contributed by atoms with van der Waals surface area (Å²) < 4.78 is 77.6. The van der Waals surface area contributed by atoms with E-state index in [9.17, 15) is 23.8 Å². The largest absolute Gasteiger partial charge is 0.472 e. The Kier molecular flexibility index (Phi) is 64.0. The van der Waals surface area contributed by atoms with Crippen molar-refractivity contribution in [2.24, 2.45) is 5.11 Å². The van der Waals surface area contributed by atoms with Crippen LogP contribution in [-0.2, 0) is 75.4 Å². The fourth-order valence-electron chi connectivity index (χ4n) is 8.51. The van der Waals surface area contributed by atoms with Gasteiger partial charge in [-0.15, -0.1) is 0 Å². The van der Waals surface area contributed by atoms with Gasteiger partial charge in [0, 0.05) is 37.3 Å². The van der Waals surface area contributed by atoms with E-state index >= 15 is 0 Å². The molecule has 0 spiro atoms. The lowest BCUT2D eigenvalue weighted by Crippen LogP contribution is -2.30. The van der Waals surface area contributed by atoms with Crippen LogP contribution in [0, 0.1) is 0 Å². The quantitative estimate of drug-likeness (QED) is 0.0143. The van der Waals surface area contributed by atoms with E-state index in [-0.39, 0.29) is 58.1 Å². The van der Waals surface area contributed by atoms with Crippen molar-refractivity contribution in [2.75, 3.05) is 139 Å². The summed E-state index contributed by atoms with van der Waals surface area (Å²) in [6.45, 7) is 9.94. The van der Waals surface area contributed by atoms with Crippen LogP contribution in [0.1, 0.15) is 226 Å². The molecule has 2 N–H and O–H groups in total. The summed E-state index contributed by atoms with van der Waals surface area (Å²) >= 11 is 0. The van der Waals surface area contributed by atoms with Crippen molar-refractivity contribution < 1.29 is 80.3 Å². The summed E-state index contributed by atoms with van der Waals surface area (Å²) in [6.07, 6.45) is 35.9. The van der Waals surface area contributed by atoms with Crippen LogP contribution in [0.4, 0.5) is 0 Å². The summed E-state index contributed by atoms with van der Waals surface area (Å²) in [6, 6.07) is 0. The molecule has 0 fully saturated rings. The first-order valence-corrected chi connectivity index (χ1v) is 33.6. The maximum Gasteiger partial charge on any atom is 0.472 e. The molecule has 2 atom stereocenters. The lowest BCUT2D eigenvalue weighted by Gasteiger charge is -2.20. The van der Waals surface area contributed by atoms with Crippen molar-refractivity contribution in [3.8, 4) is 0 Å². The van der Waals surface area contributed by atoms with Gasteiger partial charge in [0.2, 0.25) is 5.91 Å². The highest BCUT2D eigenvalue weighted by atomic mass is 31.2. The number of hydrogen-bond donors (Lipinski definition) is 2. The van der Waals surface area contributed by atoms with Crippen LogP contribution in [0.25, 0.3) is 10.4 Å². The predicted octanol–water partition coefficient (Wildman–Crippen LogP) is 13.0. The number of nitrogens with one attached hydrogen (secondary N) is 1. The lowest BCUT2D eigenvalue weighted by molar-refractivity contribution is -0.161. The van der Waals surface area contributed by atoms with E-state index < -0.39 is 32.5 Å². The topological polar surface area (TPSA) is 260 Å². The molecule has 22 heteroatoms. The highest BCUT2D eigenvalue weighted by Gasteiger charge is 2.26. The zero-order valence-corrected chi connectivity index (χ0v) is 52.4. The van der Waals surface area contributed by atoms with Gasteiger partial charge in [-0.3, -0.25) is 23.4 Å². The first-order chi connectivity index (χ1) is 40.2. The Hall–Kier alpha value is -2.49. The molecule has 1 amide bonds. The minimum Gasteiger partial charge on any atom is -0.462 e. The number of azide groups is 1. The van der Waals surface area contributed by atoms with E-state index in [2.05, 4.69) is 29.2 Å². The standard InChI is InChI=1S/C60H117N4O17P/c1-3-5-7-9-11-13-15-17-19-21-23-25-27-29-31-33-59(66)78-55-57(81-60(67)34-32-30-28-26-24-22-20-18-16-14-12-10-8-6-4-2)56-80-82(68,69)79-40-36-62-58(65)35-38-70-41-43-72-45-47-74-49-51-76-53-54-77-52-50-75-48-46-73-44-42-71-39-37-63-64-61/h57H,3-56H2,1-2H3,(H,62,65)(H,68,69)/t57-/m1/s1. The molecular formula is C60H117N4O17P. The Morgan fingerprint density at radius 1 is 0.427 bits per heavy atom. The second-order valence-corrected chi connectivity index (χ2v) is 22.2. The van der Waals surface area contributed by atoms with Gasteiger partial charge in [-0.05, 0) is 18.4 Å². The molecule has 484 valence electrons. The number of nitrogens with zero attached hydrogens (tertiary/aromatic N) is 3. The fraction of sp³-hybridized carbons (Fsp3) is 0.950. The maximum atomic E-state index is 12.9. The van der Waals surface area contributed by atoms with Gasteiger partial charge < -0.3 is 57.6 Å². The van der Waals surface area contributed by atoms with Crippen molar-refractivity contribution in [2.45, 2.75) is 232 Å². The monoisotopic (exact) mass is 1200 g/mol. The molecule has 0 aromatic heterocycles. The minimum atomic E-state index is -4.62. The van der Waals surface area contributed by atoms with Crippen LogP contribution in [0.15, 0.2) is 5.11 Å². The van der Waals surface area contributed by atoms with Crippen molar-refractivity contribution >= 4 is 25.7 Å². The third-order valence-electron chi connectivity index (χ3n) is 13.3. The number of unbranched alkanes of at least 4 members (excludes halogenated alkanes) is 28. The Bertz CT molecular complexity index is 1490. The Morgan fingerprint density at radius 2 is 0.756 bits per heavy atom. The van der Waals surface area contributed by atoms with E-state index in [1.54, 1.807) is 0 Å². The van der Waals surface area contributed by atoms with Gasteiger partial charge in [0.15, 0.2) is 6.10 Å². The van der Waals surface area contributed by atoms with Crippen LogP contribution >= 0.6 is 7.82 Å². The minimum absolute atomic E-state index is 0.0568. The van der Waals surface area contributed by atoms with Gasteiger partial charge in [-0.25, -0.2) is 4.57 Å². The number of carbonyl (C=O) groups excluding carboxylic acids is 3. The van der Waals surface area contributed by atoms with E-state index in [1.807, 2.05) is 0 Å². The molecule has 0 saturated carbocycles. The molecular weight excluding hydrogens is 1080 g/mol. The van der Waals surface area contributed by atoms with Crippen molar-refractivity contribution in [1.82, 2.24) is 5.32 Å². The number of amides is 1. The SMILES string of the molecule is CCCCCCCCCCCCCCCCCC(=O)OC[C@H](COP(=O)(O)OCCNC(=O)CCOCCOCCOCCOCCOCCOCCOCCOCCN=[N+]=[N-])OC(=O)CCCCCCCCCCCCCCCCC. The summed E-state index contributed by atoms with van der Waals surface area (Å²) in [4.78, 5) is 50.9. The number of rotatable bonds is 69. The molecule has 0 saturated heterocycles. The normalized spacial score (nSPS) is 12.5.